The van der Waals surface area contributed by atoms with Crippen LogP contribution in [0.4, 0.5) is 5.82 Å². The van der Waals surface area contributed by atoms with E-state index >= 15 is 0 Å². The van der Waals surface area contributed by atoms with Crippen molar-refractivity contribution in [1.82, 2.24) is 24.4 Å². The maximum Gasteiger partial charge on any atom is 0.242 e. The third-order valence-electron chi connectivity index (χ3n) is 3.44. The Labute approximate surface area is 110 Å². The van der Waals surface area contributed by atoms with Crippen LogP contribution in [0.5, 0.6) is 0 Å². The lowest BCUT2D eigenvalue weighted by molar-refractivity contribution is -0.132. The molecule has 0 unspecified atom stereocenters. The minimum Gasteiger partial charge on any atom is -0.382 e. The molecule has 2 aromatic heterocycles. The third-order valence-corrected chi connectivity index (χ3v) is 3.44. The van der Waals surface area contributed by atoms with Gasteiger partial charge in [-0.25, -0.2) is 15.0 Å². The van der Waals surface area contributed by atoms with Crippen molar-refractivity contribution in [3.63, 3.8) is 0 Å². The number of aromatic nitrogens is 4. The van der Waals surface area contributed by atoms with Gasteiger partial charge in [-0.3, -0.25) is 4.79 Å². The zero-order valence-corrected chi connectivity index (χ0v) is 10.6. The van der Waals surface area contributed by atoms with Crippen molar-refractivity contribution < 1.29 is 4.79 Å². The van der Waals surface area contributed by atoms with Crippen molar-refractivity contribution in [2.45, 2.75) is 25.8 Å². The van der Waals surface area contributed by atoms with E-state index in [-0.39, 0.29) is 12.5 Å². The summed E-state index contributed by atoms with van der Waals surface area (Å²) in [6.07, 6.45) is 6.37. The summed E-state index contributed by atoms with van der Waals surface area (Å²) in [5.41, 5.74) is 6.88. The fourth-order valence-corrected chi connectivity index (χ4v) is 2.40. The number of piperidine rings is 1. The van der Waals surface area contributed by atoms with Crippen molar-refractivity contribution >= 4 is 22.9 Å². The van der Waals surface area contributed by atoms with E-state index in [0.29, 0.717) is 17.0 Å². The quantitative estimate of drug-likeness (QED) is 0.845. The maximum atomic E-state index is 12.2. The van der Waals surface area contributed by atoms with E-state index in [1.807, 2.05) is 4.90 Å². The predicted octanol–water partition coefficient (Wildman–Crippen LogP) is 0.421. The van der Waals surface area contributed by atoms with Gasteiger partial charge in [0.15, 0.2) is 11.5 Å². The van der Waals surface area contributed by atoms with Crippen LogP contribution in [-0.2, 0) is 11.3 Å². The zero-order chi connectivity index (χ0) is 13.2. The largest absolute Gasteiger partial charge is 0.382 e. The number of hydrogen-bond donors (Lipinski definition) is 1. The Balaban J connectivity index is 1.81. The first kappa shape index (κ1) is 11.9. The van der Waals surface area contributed by atoms with Gasteiger partial charge in [-0.05, 0) is 19.3 Å². The Morgan fingerprint density at radius 3 is 2.79 bits per heavy atom. The lowest BCUT2D eigenvalue weighted by Gasteiger charge is -2.26. The van der Waals surface area contributed by atoms with Gasteiger partial charge in [-0.2, -0.15) is 0 Å². The molecule has 19 heavy (non-hydrogen) atoms. The van der Waals surface area contributed by atoms with Gasteiger partial charge in [-0.1, -0.05) is 0 Å². The highest BCUT2D eigenvalue weighted by Gasteiger charge is 2.18. The van der Waals surface area contributed by atoms with Gasteiger partial charge >= 0.3 is 0 Å². The van der Waals surface area contributed by atoms with Crippen LogP contribution in [0.25, 0.3) is 11.2 Å². The molecule has 1 saturated heterocycles. The standard InChI is InChI=1S/C12H16N6O/c13-11-10-12(15-7-14-11)18(8-16-10)6-9(19)17-4-2-1-3-5-17/h7-8H,1-6H2,(H2,13,14,15). The number of anilines is 1. The lowest BCUT2D eigenvalue weighted by atomic mass is 10.1. The van der Waals surface area contributed by atoms with Crippen molar-refractivity contribution in [3.05, 3.63) is 12.7 Å². The molecule has 0 bridgehead atoms. The molecule has 1 aliphatic heterocycles. The van der Waals surface area contributed by atoms with Gasteiger partial charge < -0.3 is 15.2 Å². The van der Waals surface area contributed by atoms with Gasteiger partial charge in [0.2, 0.25) is 5.91 Å². The monoisotopic (exact) mass is 260 g/mol. The summed E-state index contributed by atoms with van der Waals surface area (Å²) in [7, 11) is 0. The number of rotatable bonds is 2. The number of carbonyl (C=O) groups is 1. The number of nitrogens with two attached hydrogens (primary N) is 1. The second kappa shape index (κ2) is 4.83. The molecule has 3 heterocycles. The van der Waals surface area contributed by atoms with E-state index in [1.165, 1.54) is 12.7 Å². The molecule has 0 atom stereocenters. The van der Waals surface area contributed by atoms with E-state index < -0.39 is 0 Å². The molecule has 100 valence electrons. The fourth-order valence-electron chi connectivity index (χ4n) is 2.40. The highest BCUT2D eigenvalue weighted by atomic mass is 16.2. The van der Waals surface area contributed by atoms with Crippen LogP contribution in [-0.4, -0.2) is 43.4 Å². The molecule has 0 aromatic carbocycles. The Hall–Kier alpha value is -2.18. The minimum absolute atomic E-state index is 0.108. The predicted molar refractivity (Wildman–Crippen MR) is 70.2 cm³/mol. The van der Waals surface area contributed by atoms with Gasteiger partial charge in [0.05, 0.1) is 6.33 Å². The molecular weight excluding hydrogens is 244 g/mol. The molecule has 0 saturated carbocycles. The fraction of sp³-hybridized carbons (Fsp3) is 0.500. The summed E-state index contributed by atoms with van der Waals surface area (Å²) in [5.74, 6) is 0.449. The molecule has 1 fully saturated rings. The number of fused-ring (bicyclic) bond motifs is 1. The number of imidazole rings is 1. The van der Waals surface area contributed by atoms with Gasteiger partial charge in [0.25, 0.3) is 0 Å². The van der Waals surface area contributed by atoms with Gasteiger partial charge in [0.1, 0.15) is 18.4 Å². The molecule has 7 heteroatoms. The van der Waals surface area contributed by atoms with Crippen LogP contribution in [0.2, 0.25) is 0 Å². The number of hydrogen-bond acceptors (Lipinski definition) is 5. The van der Waals surface area contributed by atoms with Crippen LogP contribution in [0.1, 0.15) is 19.3 Å². The van der Waals surface area contributed by atoms with Crippen LogP contribution in [0, 0.1) is 0 Å². The minimum atomic E-state index is 0.108. The first-order valence-corrected chi connectivity index (χ1v) is 6.45. The van der Waals surface area contributed by atoms with Crippen molar-refractivity contribution in [2.75, 3.05) is 18.8 Å². The van der Waals surface area contributed by atoms with Crippen LogP contribution in [0.3, 0.4) is 0 Å². The molecule has 7 nitrogen and oxygen atoms in total. The summed E-state index contributed by atoms with van der Waals surface area (Å²) in [4.78, 5) is 26.3. The average Bonchev–Trinajstić information content (AvgIpc) is 2.84. The topological polar surface area (TPSA) is 89.9 Å². The Morgan fingerprint density at radius 2 is 2.00 bits per heavy atom. The molecule has 1 aliphatic rings. The smallest absolute Gasteiger partial charge is 0.242 e. The number of nitrogens with zero attached hydrogens (tertiary/aromatic N) is 5. The molecule has 1 amide bonds. The number of carbonyl (C=O) groups excluding carboxylic acids is 1. The highest BCUT2D eigenvalue weighted by Crippen LogP contribution is 2.15. The highest BCUT2D eigenvalue weighted by molar-refractivity contribution is 5.83. The molecule has 3 rings (SSSR count). The SMILES string of the molecule is Nc1ncnc2c1ncn2CC(=O)N1CCCCC1. The normalized spacial score (nSPS) is 15.9. The lowest BCUT2D eigenvalue weighted by Crippen LogP contribution is -2.37. The van der Waals surface area contributed by atoms with Crippen LogP contribution < -0.4 is 5.73 Å². The Morgan fingerprint density at radius 1 is 1.21 bits per heavy atom. The number of likely N-dealkylation sites (tertiary alicyclic amines) is 1. The van der Waals surface area contributed by atoms with Crippen molar-refractivity contribution in [1.29, 1.82) is 0 Å². The molecule has 2 N–H and O–H groups in total. The third kappa shape index (κ3) is 2.23. The molecule has 2 aromatic rings. The Bertz CT molecular complexity index is 601. The maximum absolute atomic E-state index is 12.2. The van der Waals surface area contributed by atoms with E-state index in [9.17, 15) is 4.79 Å². The van der Waals surface area contributed by atoms with Crippen molar-refractivity contribution in [3.8, 4) is 0 Å². The number of nitrogen functional groups attached to an aromatic ring is 1. The molecule has 0 spiro atoms. The first-order valence-electron chi connectivity index (χ1n) is 6.45. The van der Waals surface area contributed by atoms with Crippen molar-refractivity contribution in [2.24, 2.45) is 0 Å². The van der Waals surface area contributed by atoms with Crippen LogP contribution in [0.15, 0.2) is 12.7 Å². The van der Waals surface area contributed by atoms with E-state index in [0.717, 1.165) is 25.9 Å². The van der Waals surface area contributed by atoms with Crippen LogP contribution >= 0.6 is 0 Å². The van der Waals surface area contributed by atoms with E-state index in [4.69, 9.17) is 5.73 Å². The Kier molecular flexibility index (Phi) is 3.02. The molecular formula is C12H16N6O. The average molecular weight is 260 g/mol. The van der Waals surface area contributed by atoms with E-state index in [2.05, 4.69) is 15.0 Å². The number of amides is 1. The molecule has 0 aliphatic carbocycles. The second-order valence-electron chi connectivity index (χ2n) is 4.75. The summed E-state index contributed by atoms with van der Waals surface area (Å²) in [6, 6.07) is 0. The summed E-state index contributed by atoms with van der Waals surface area (Å²) < 4.78 is 1.73. The summed E-state index contributed by atoms with van der Waals surface area (Å²) in [5, 5.41) is 0. The van der Waals surface area contributed by atoms with Gasteiger partial charge in [0, 0.05) is 13.1 Å². The van der Waals surface area contributed by atoms with E-state index in [1.54, 1.807) is 10.9 Å². The summed E-state index contributed by atoms with van der Waals surface area (Å²) in [6.45, 7) is 1.96. The molecule has 0 radical (unpaired) electrons. The first-order chi connectivity index (χ1) is 9.25. The summed E-state index contributed by atoms with van der Waals surface area (Å²) >= 11 is 0. The van der Waals surface area contributed by atoms with Gasteiger partial charge in [-0.15, -0.1) is 0 Å². The zero-order valence-electron chi connectivity index (χ0n) is 10.6. The second-order valence-corrected chi connectivity index (χ2v) is 4.75.